The molecule has 2 aromatic rings. The van der Waals surface area contributed by atoms with Crippen LogP contribution in [0.2, 0.25) is 0 Å². The zero-order chi connectivity index (χ0) is 15.6. The molecular weight excluding hydrogens is 276 g/mol. The van der Waals surface area contributed by atoms with Gasteiger partial charge in [0, 0.05) is 19.7 Å². The molecule has 0 aliphatic rings. The number of hydrogen-bond donors (Lipinski definition) is 1. The van der Waals surface area contributed by atoms with Gasteiger partial charge in [0.1, 0.15) is 17.8 Å². The van der Waals surface area contributed by atoms with Gasteiger partial charge in [-0.2, -0.15) is 0 Å². The van der Waals surface area contributed by atoms with Crippen molar-refractivity contribution < 1.29 is 19.4 Å². The topological polar surface area (TPSA) is 98.5 Å². The first kappa shape index (κ1) is 14.7. The Morgan fingerprint density at radius 2 is 2.10 bits per heavy atom. The summed E-state index contributed by atoms with van der Waals surface area (Å²) in [6, 6.07) is 3.04. The highest BCUT2D eigenvalue weighted by Gasteiger charge is 2.15. The summed E-state index contributed by atoms with van der Waals surface area (Å²) in [4.78, 5) is 38.3. The molecule has 0 aromatic carbocycles. The van der Waals surface area contributed by atoms with Gasteiger partial charge in [0.05, 0.1) is 11.1 Å². The van der Waals surface area contributed by atoms with Crippen molar-refractivity contribution in [3.63, 3.8) is 0 Å². The third kappa shape index (κ3) is 2.91. The number of nitrogens with zero attached hydrogens (tertiary/aromatic N) is 2. The zero-order valence-corrected chi connectivity index (χ0v) is 11.6. The maximum Gasteiger partial charge on any atom is 0.341 e. The molecule has 0 atom stereocenters. The lowest BCUT2D eigenvalue weighted by molar-refractivity contribution is -0.142. The molecule has 2 heterocycles. The van der Waals surface area contributed by atoms with Crippen molar-refractivity contribution in [2.45, 2.75) is 27.0 Å². The number of aryl methyl sites for hydroxylation is 1. The van der Waals surface area contributed by atoms with E-state index in [1.165, 1.54) is 25.3 Å². The van der Waals surface area contributed by atoms with Crippen LogP contribution in [-0.4, -0.2) is 26.6 Å². The summed E-state index contributed by atoms with van der Waals surface area (Å²) in [5, 5.41) is 9.28. The number of esters is 1. The molecule has 0 aliphatic heterocycles. The SMILES string of the molecule is CCn1cc(C(=O)O)c(=O)c2ccc(COC(C)=O)nc21. The number of aromatic carboxylic acids is 1. The number of carboxylic acid groups (broad SMARTS) is 1. The summed E-state index contributed by atoms with van der Waals surface area (Å²) < 4.78 is 6.44. The van der Waals surface area contributed by atoms with Crippen LogP contribution in [0, 0.1) is 0 Å². The summed E-state index contributed by atoms with van der Waals surface area (Å²) in [7, 11) is 0. The largest absolute Gasteiger partial charge is 0.477 e. The number of pyridine rings is 2. The van der Waals surface area contributed by atoms with E-state index in [0.717, 1.165) is 0 Å². The van der Waals surface area contributed by atoms with Crippen LogP contribution in [0.15, 0.2) is 23.1 Å². The van der Waals surface area contributed by atoms with Crippen LogP contribution in [0.1, 0.15) is 29.9 Å². The van der Waals surface area contributed by atoms with E-state index in [4.69, 9.17) is 9.84 Å². The van der Waals surface area contributed by atoms with Gasteiger partial charge < -0.3 is 14.4 Å². The van der Waals surface area contributed by atoms with Gasteiger partial charge in [-0.1, -0.05) is 0 Å². The van der Waals surface area contributed by atoms with Crippen molar-refractivity contribution in [3.8, 4) is 0 Å². The van der Waals surface area contributed by atoms with Crippen LogP contribution in [0.25, 0.3) is 11.0 Å². The molecule has 0 saturated heterocycles. The van der Waals surface area contributed by atoms with Gasteiger partial charge in [0.2, 0.25) is 5.43 Å². The molecule has 21 heavy (non-hydrogen) atoms. The fraction of sp³-hybridized carbons (Fsp3) is 0.286. The number of carbonyl (C=O) groups excluding carboxylic acids is 1. The predicted octanol–water partition coefficient (Wildman–Crippen LogP) is 1.18. The molecule has 0 radical (unpaired) electrons. The highest BCUT2D eigenvalue weighted by molar-refractivity contribution is 5.91. The maximum absolute atomic E-state index is 12.1. The van der Waals surface area contributed by atoms with Crippen LogP contribution >= 0.6 is 0 Å². The quantitative estimate of drug-likeness (QED) is 0.849. The molecule has 0 unspecified atom stereocenters. The Bertz CT molecular complexity index is 779. The summed E-state index contributed by atoms with van der Waals surface area (Å²) >= 11 is 0. The number of rotatable bonds is 4. The van der Waals surface area contributed by atoms with Crippen molar-refractivity contribution in [1.82, 2.24) is 9.55 Å². The van der Waals surface area contributed by atoms with Gasteiger partial charge in [0.25, 0.3) is 0 Å². The molecular formula is C14H14N2O5. The second-order valence-corrected chi connectivity index (χ2v) is 4.42. The van der Waals surface area contributed by atoms with E-state index in [2.05, 4.69) is 4.98 Å². The van der Waals surface area contributed by atoms with E-state index in [1.807, 2.05) is 6.92 Å². The van der Waals surface area contributed by atoms with Gasteiger partial charge in [0.15, 0.2) is 0 Å². The van der Waals surface area contributed by atoms with Gasteiger partial charge >= 0.3 is 11.9 Å². The molecule has 0 aliphatic carbocycles. The molecule has 2 rings (SSSR count). The van der Waals surface area contributed by atoms with Crippen molar-refractivity contribution >= 4 is 23.0 Å². The number of carboxylic acids is 1. The fourth-order valence-electron chi connectivity index (χ4n) is 1.95. The average Bonchev–Trinajstić information content (AvgIpc) is 2.45. The zero-order valence-electron chi connectivity index (χ0n) is 11.6. The van der Waals surface area contributed by atoms with Crippen molar-refractivity contribution in [3.05, 3.63) is 39.8 Å². The minimum absolute atomic E-state index is 0.00383. The van der Waals surface area contributed by atoms with Gasteiger partial charge in [-0.15, -0.1) is 0 Å². The smallest absolute Gasteiger partial charge is 0.341 e. The molecule has 0 spiro atoms. The Labute approximate surface area is 119 Å². The lowest BCUT2D eigenvalue weighted by Gasteiger charge is -2.10. The summed E-state index contributed by atoms with van der Waals surface area (Å²) in [5.41, 5.74) is -0.00727. The van der Waals surface area contributed by atoms with E-state index in [-0.39, 0.29) is 17.6 Å². The molecule has 110 valence electrons. The molecule has 7 nitrogen and oxygen atoms in total. The molecule has 0 saturated carbocycles. The average molecular weight is 290 g/mol. The summed E-state index contributed by atoms with van der Waals surface area (Å²) in [6.07, 6.45) is 1.27. The highest BCUT2D eigenvalue weighted by atomic mass is 16.5. The van der Waals surface area contributed by atoms with E-state index in [9.17, 15) is 14.4 Å². The first-order chi connectivity index (χ1) is 9.93. The van der Waals surface area contributed by atoms with Gasteiger partial charge in [-0.05, 0) is 19.1 Å². The second-order valence-electron chi connectivity index (χ2n) is 4.42. The highest BCUT2D eigenvalue weighted by Crippen LogP contribution is 2.12. The van der Waals surface area contributed by atoms with E-state index in [1.54, 1.807) is 4.57 Å². The van der Waals surface area contributed by atoms with Crippen LogP contribution in [-0.2, 0) is 22.7 Å². The Morgan fingerprint density at radius 3 is 2.67 bits per heavy atom. The number of fused-ring (bicyclic) bond motifs is 1. The maximum atomic E-state index is 12.1. The third-order valence-electron chi connectivity index (χ3n) is 2.97. The summed E-state index contributed by atoms with van der Waals surface area (Å²) in [5.74, 6) is -1.70. The van der Waals surface area contributed by atoms with Crippen LogP contribution in [0.3, 0.4) is 0 Å². The Morgan fingerprint density at radius 1 is 1.38 bits per heavy atom. The molecule has 7 heteroatoms. The third-order valence-corrected chi connectivity index (χ3v) is 2.97. The lowest BCUT2D eigenvalue weighted by atomic mass is 10.2. The van der Waals surface area contributed by atoms with Crippen molar-refractivity contribution in [2.24, 2.45) is 0 Å². The van der Waals surface area contributed by atoms with E-state index >= 15 is 0 Å². The second kappa shape index (κ2) is 5.74. The summed E-state index contributed by atoms with van der Waals surface area (Å²) in [6.45, 7) is 3.57. The van der Waals surface area contributed by atoms with E-state index in [0.29, 0.717) is 17.9 Å². The Balaban J connectivity index is 2.61. The predicted molar refractivity (Wildman–Crippen MR) is 74.1 cm³/mol. The molecule has 2 aromatic heterocycles. The van der Waals surface area contributed by atoms with Crippen molar-refractivity contribution in [2.75, 3.05) is 0 Å². The minimum atomic E-state index is -1.27. The molecule has 0 fully saturated rings. The Kier molecular flexibility index (Phi) is 4.02. The standard InChI is InChI=1S/C14H14N2O5/c1-3-16-6-11(14(19)20)12(18)10-5-4-9(15-13(10)16)7-21-8(2)17/h4-6H,3,7H2,1-2H3,(H,19,20). The molecule has 1 N–H and O–H groups in total. The Hall–Kier alpha value is -2.70. The van der Waals surface area contributed by atoms with Crippen LogP contribution < -0.4 is 5.43 Å². The van der Waals surface area contributed by atoms with Crippen LogP contribution in [0.5, 0.6) is 0 Å². The first-order valence-corrected chi connectivity index (χ1v) is 6.33. The lowest BCUT2D eigenvalue weighted by Crippen LogP contribution is -2.19. The molecule has 0 amide bonds. The van der Waals surface area contributed by atoms with Gasteiger partial charge in [-0.25, -0.2) is 9.78 Å². The molecule has 0 bridgehead atoms. The number of ether oxygens (including phenoxy) is 1. The minimum Gasteiger partial charge on any atom is -0.477 e. The van der Waals surface area contributed by atoms with Crippen LogP contribution in [0.4, 0.5) is 0 Å². The van der Waals surface area contributed by atoms with E-state index < -0.39 is 17.4 Å². The number of aromatic nitrogens is 2. The number of carbonyl (C=O) groups is 2. The normalized spacial score (nSPS) is 10.6. The first-order valence-electron chi connectivity index (χ1n) is 6.33. The van der Waals surface area contributed by atoms with Gasteiger partial charge in [-0.3, -0.25) is 9.59 Å². The number of hydrogen-bond acceptors (Lipinski definition) is 5. The monoisotopic (exact) mass is 290 g/mol. The fourth-order valence-corrected chi connectivity index (χ4v) is 1.95. The van der Waals surface area contributed by atoms with Crippen molar-refractivity contribution in [1.29, 1.82) is 0 Å².